The monoisotopic (exact) mass is 397 g/mol. The van der Waals surface area contributed by atoms with Crippen molar-refractivity contribution in [3.63, 3.8) is 0 Å². The predicted molar refractivity (Wildman–Crippen MR) is 104 cm³/mol. The van der Waals surface area contributed by atoms with Gasteiger partial charge in [0, 0.05) is 43.7 Å². The van der Waals surface area contributed by atoms with E-state index in [0.29, 0.717) is 31.7 Å². The minimum Gasteiger partial charge on any atom is -0.351 e. The maximum Gasteiger partial charge on any atom is 0.292 e. The first-order valence-corrected chi connectivity index (χ1v) is 10.6. The highest BCUT2D eigenvalue weighted by Crippen LogP contribution is 2.45. The third-order valence-corrected chi connectivity index (χ3v) is 6.66. The van der Waals surface area contributed by atoms with Crippen LogP contribution in [-0.4, -0.2) is 56.4 Å². The Hall–Kier alpha value is -2.64. The van der Waals surface area contributed by atoms with Gasteiger partial charge in [0.25, 0.3) is 5.91 Å². The highest BCUT2D eigenvalue weighted by atomic mass is 16.5. The van der Waals surface area contributed by atoms with Gasteiger partial charge >= 0.3 is 0 Å². The Morgan fingerprint density at radius 3 is 2.66 bits per heavy atom. The van der Waals surface area contributed by atoms with Crippen LogP contribution < -0.4 is 0 Å². The third-order valence-electron chi connectivity index (χ3n) is 6.66. The standard InChI is InChI=1S/C21H27N5O3/c1-13(2)16-11-17(29-24-16)20(28)25-9-6-21(7-10-25)18-15(22-12-23-18)5-8-26(21)19(27)14-3-4-14/h11-14H,3-10H2,1-2H3,(H,22,23). The molecule has 0 aromatic carbocycles. The summed E-state index contributed by atoms with van der Waals surface area (Å²) in [6.45, 7) is 5.90. The van der Waals surface area contributed by atoms with Gasteiger partial charge in [0.15, 0.2) is 0 Å². The van der Waals surface area contributed by atoms with Gasteiger partial charge in [-0.2, -0.15) is 0 Å². The molecular formula is C21H27N5O3. The summed E-state index contributed by atoms with van der Waals surface area (Å²) in [5.74, 6) is 0.815. The Morgan fingerprint density at radius 2 is 2.00 bits per heavy atom. The number of hydrogen-bond acceptors (Lipinski definition) is 5. The van der Waals surface area contributed by atoms with Crippen LogP contribution in [0.1, 0.15) is 73.1 Å². The first-order chi connectivity index (χ1) is 14.0. The maximum absolute atomic E-state index is 13.1. The van der Waals surface area contributed by atoms with Crippen LogP contribution >= 0.6 is 0 Å². The third kappa shape index (κ3) is 2.96. The molecule has 2 aliphatic heterocycles. The second-order valence-corrected chi connectivity index (χ2v) is 8.84. The molecule has 0 radical (unpaired) electrons. The molecule has 4 heterocycles. The summed E-state index contributed by atoms with van der Waals surface area (Å²) >= 11 is 0. The molecule has 1 N–H and O–H groups in total. The van der Waals surface area contributed by atoms with Gasteiger partial charge in [-0.25, -0.2) is 4.98 Å². The fourth-order valence-electron chi connectivity index (χ4n) is 4.75. The number of hydrogen-bond donors (Lipinski definition) is 1. The SMILES string of the molecule is CC(C)c1cc(C(=O)N2CCC3(CC2)c2nc[nH]c2CCN3C(=O)C2CC2)on1. The average Bonchev–Trinajstić information content (AvgIpc) is 3.25. The topological polar surface area (TPSA) is 95.3 Å². The van der Waals surface area contributed by atoms with Gasteiger partial charge in [-0.15, -0.1) is 0 Å². The van der Waals surface area contributed by atoms with Gasteiger partial charge < -0.3 is 19.3 Å². The average molecular weight is 397 g/mol. The summed E-state index contributed by atoms with van der Waals surface area (Å²) in [6, 6.07) is 1.74. The summed E-state index contributed by atoms with van der Waals surface area (Å²) in [4.78, 5) is 37.7. The second kappa shape index (κ2) is 6.71. The van der Waals surface area contributed by atoms with Crippen LogP contribution in [-0.2, 0) is 16.8 Å². The highest BCUT2D eigenvalue weighted by Gasteiger charge is 2.51. The van der Waals surface area contributed by atoms with E-state index in [9.17, 15) is 9.59 Å². The first kappa shape index (κ1) is 18.4. The number of likely N-dealkylation sites (tertiary alicyclic amines) is 1. The maximum atomic E-state index is 13.1. The summed E-state index contributed by atoms with van der Waals surface area (Å²) in [5, 5.41) is 4.01. The number of amides is 2. The molecule has 0 unspecified atom stereocenters. The number of aromatic amines is 1. The first-order valence-electron chi connectivity index (χ1n) is 10.6. The van der Waals surface area contributed by atoms with Crippen molar-refractivity contribution in [3.05, 3.63) is 35.2 Å². The largest absolute Gasteiger partial charge is 0.351 e. The van der Waals surface area contributed by atoms with Crippen molar-refractivity contribution in [2.45, 2.75) is 57.4 Å². The van der Waals surface area contributed by atoms with Crippen molar-refractivity contribution in [3.8, 4) is 0 Å². The highest BCUT2D eigenvalue weighted by molar-refractivity contribution is 5.91. The van der Waals surface area contributed by atoms with Crippen LogP contribution in [0.4, 0.5) is 0 Å². The van der Waals surface area contributed by atoms with Gasteiger partial charge in [0.1, 0.15) is 0 Å². The molecule has 2 aromatic rings. The van der Waals surface area contributed by atoms with Crippen molar-refractivity contribution in [2.75, 3.05) is 19.6 Å². The minimum absolute atomic E-state index is 0.127. The van der Waals surface area contributed by atoms with Crippen LogP contribution in [0.2, 0.25) is 0 Å². The molecule has 29 heavy (non-hydrogen) atoms. The lowest BCUT2D eigenvalue weighted by atomic mass is 9.78. The van der Waals surface area contributed by atoms with Crippen LogP contribution in [0.3, 0.4) is 0 Å². The Bertz CT molecular complexity index is 934. The van der Waals surface area contributed by atoms with Crippen LogP contribution in [0.5, 0.6) is 0 Å². The number of imidazole rings is 1. The Balaban J connectivity index is 1.38. The summed E-state index contributed by atoms with van der Waals surface area (Å²) in [6.07, 6.45) is 5.92. The number of carbonyl (C=O) groups is 2. The van der Waals surface area contributed by atoms with Crippen molar-refractivity contribution in [1.29, 1.82) is 0 Å². The van der Waals surface area contributed by atoms with Crippen molar-refractivity contribution in [2.24, 2.45) is 5.92 Å². The van der Waals surface area contributed by atoms with Gasteiger partial charge in [-0.1, -0.05) is 19.0 Å². The number of carbonyl (C=O) groups excluding carboxylic acids is 2. The van der Waals surface area contributed by atoms with Gasteiger partial charge in [0.05, 0.1) is 23.3 Å². The number of rotatable bonds is 3. The van der Waals surface area contributed by atoms with Crippen LogP contribution in [0.25, 0.3) is 0 Å². The molecule has 0 atom stereocenters. The quantitative estimate of drug-likeness (QED) is 0.858. The smallest absolute Gasteiger partial charge is 0.292 e. The zero-order valence-corrected chi connectivity index (χ0v) is 17.0. The van der Waals surface area contributed by atoms with E-state index in [1.54, 1.807) is 12.4 Å². The molecule has 5 rings (SSSR count). The van der Waals surface area contributed by atoms with Crippen LogP contribution in [0, 0.1) is 5.92 Å². The molecule has 8 heteroatoms. The lowest BCUT2D eigenvalue weighted by molar-refractivity contribution is -0.143. The summed E-state index contributed by atoms with van der Waals surface area (Å²) in [5.41, 5.74) is 2.50. The second-order valence-electron chi connectivity index (χ2n) is 8.84. The number of fused-ring (bicyclic) bond motifs is 2. The number of aromatic nitrogens is 3. The van der Waals surface area contributed by atoms with Crippen molar-refractivity contribution in [1.82, 2.24) is 24.9 Å². The van der Waals surface area contributed by atoms with E-state index in [1.807, 2.05) is 18.7 Å². The molecule has 0 bridgehead atoms. The van der Waals surface area contributed by atoms with E-state index in [-0.39, 0.29) is 23.7 Å². The molecule has 154 valence electrons. The van der Waals surface area contributed by atoms with E-state index in [0.717, 1.165) is 42.9 Å². The zero-order valence-electron chi connectivity index (χ0n) is 17.0. The summed E-state index contributed by atoms with van der Waals surface area (Å²) < 4.78 is 5.30. The zero-order chi connectivity index (χ0) is 20.2. The van der Waals surface area contributed by atoms with Crippen molar-refractivity contribution >= 4 is 11.8 Å². The number of nitrogens with zero attached hydrogens (tertiary/aromatic N) is 4. The Labute approximate surface area is 169 Å². The molecule has 1 saturated carbocycles. The van der Waals surface area contributed by atoms with E-state index < -0.39 is 5.54 Å². The molecular weight excluding hydrogens is 370 g/mol. The van der Waals surface area contributed by atoms with Crippen molar-refractivity contribution < 1.29 is 14.1 Å². The lowest BCUT2D eigenvalue weighted by Crippen LogP contribution is -2.59. The fourth-order valence-corrected chi connectivity index (χ4v) is 4.75. The van der Waals surface area contributed by atoms with Gasteiger partial charge in [-0.3, -0.25) is 9.59 Å². The molecule has 2 fully saturated rings. The lowest BCUT2D eigenvalue weighted by Gasteiger charge is -2.50. The molecule has 3 aliphatic rings. The predicted octanol–water partition coefficient (Wildman–Crippen LogP) is 2.45. The number of piperidine rings is 1. The molecule has 1 saturated heterocycles. The molecule has 1 aliphatic carbocycles. The van der Waals surface area contributed by atoms with Gasteiger partial charge in [-0.05, 0) is 31.6 Å². The van der Waals surface area contributed by atoms with E-state index in [1.165, 1.54) is 0 Å². The Kier molecular flexibility index (Phi) is 4.26. The van der Waals surface area contributed by atoms with E-state index in [2.05, 4.69) is 20.0 Å². The summed E-state index contributed by atoms with van der Waals surface area (Å²) in [7, 11) is 0. The normalized spacial score (nSPS) is 20.9. The van der Waals surface area contributed by atoms with E-state index >= 15 is 0 Å². The van der Waals surface area contributed by atoms with Crippen LogP contribution in [0.15, 0.2) is 16.9 Å². The molecule has 2 amide bonds. The minimum atomic E-state index is -0.408. The number of H-pyrrole nitrogens is 1. The molecule has 8 nitrogen and oxygen atoms in total. The molecule has 2 aromatic heterocycles. The van der Waals surface area contributed by atoms with E-state index in [4.69, 9.17) is 4.52 Å². The van der Waals surface area contributed by atoms with Gasteiger partial charge in [0.2, 0.25) is 11.7 Å². The fraction of sp³-hybridized carbons (Fsp3) is 0.619. The Morgan fingerprint density at radius 1 is 1.24 bits per heavy atom. The number of nitrogens with one attached hydrogen (secondary N) is 1. The molecule has 1 spiro atoms.